The summed E-state index contributed by atoms with van der Waals surface area (Å²) in [5.74, 6) is 0. The fourth-order valence-corrected chi connectivity index (χ4v) is 2.53. The fourth-order valence-electron chi connectivity index (χ4n) is 2.53. The minimum atomic E-state index is -0.0647. The number of hydrogen-bond acceptors (Lipinski definition) is 3. The molecule has 0 amide bonds. The molecule has 3 nitrogen and oxygen atoms in total. The zero-order valence-electron chi connectivity index (χ0n) is 12.7. The summed E-state index contributed by atoms with van der Waals surface area (Å²) in [5, 5.41) is 3.45. The minimum Gasteiger partial charge on any atom is -0.373 e. The highest BCUT2D eigenvalue weighted by Crippen LogP contribution is 2.31. The van der Waals surface area contributed by atoms with Gasteiger partial charge in [-0.3, -0.25) is 0 Å². The van der Waals surface area contributed by atoms with E-state index in [1.54, 1.807) is 0 Å². The molecule has 0 aliphatic heterocycles. The van der Waals surface area contributed by atoms with Crippen LogP contribution in [0.5, 0.6) is 0 Å². The van der Waals surface area contributed by atoms with E-state index in [0.717, 1.165) is 13.1 Å². The van der Waals surface area contributed by atoms with E-state index < -0.39 is 0 Å². The molecule has 0 radical (unpaired) electrons. The van der Waals surface area contributed by atoms with Gasteiger partial charge in [0.25, 0.3) is 0 Å². The Morgan fingerprint density at radius 1 is 1.06 bits per heavy atom. The Hall–Kier alpha value is -0.120. The summed E-state index contributed by atoms with van der Waals surface area (Å²) in [4.78, 5) is 0. The van der Waals surface area contributed by atoms with E-state index in [4.69, 9.17) is 9.47 Å². The van der Waals surface area contributed by atoms with Crippen molar-refractivity contribution in [2.24, 2.45) is 0 Å². The van der Waals surface area contributed by atoms with Crippen molar-refractivity contribution in [1.82, 2.24) is 5.32 Å². The SMILES string of the molecule is CCNCC1(OCCOC(C)(C)C)CCCCC1. The standard InChI is InChI=1S/C15H31NO2/c1-5-16-13-15(9-7-6-8-10-15)18-12-11-17-14(2,3)4/h16H,5-13H2,1-4H3. The summed E-state index contributed by atoms with van der Waals surface area (Å²) in [6, 6.07) is 0. The maximum Gasteiger partial charge on any atom is 0.0807 e. The molecule has 0 aromatic rings. The van der Waals surface area contributed by atoms with Crippen LogP contribution in [0, 0.1) is 0 Å². The van der Waals surface area contributed by atoms with E-state index in [0.29, 0.717) is 13.2 Å². The Morgan fingerprint density at radius 2 is 1.72 bits per heavy atom. The van der Waals surface area contributed by atoms with Gasteiger partial charge in [0.2, 0.25) is 0 Å². The molecule has 1 N–H and O–H groups in total. The number of rotatable bonds is 7. The third kappa shape index (κ3) is 6.17. The van der Waals surface area contributed by atoms with Crippen LogP contribution in [0.4, 0.5) is 0 Å². The quantitative estimate of drug-likeness (QED) is 0.711. The van der Waals surface area contributed by atoms with E-state index in [1.165, 1.54) is 32.1 Å². The van der Waals surface area contributed by atoms with Crippen LogP contribution >= 0.6 is 0 Å². The number of ether oxygens (including phenoxy) is 2. The van der Waals surface area contributed by atoms with Gasteiger partial charge in [0, 0.05) is 6.54 Å². The van der Waals surface area contributed by atoms with Crippen LogP contribution in [0.3, 0.4) is 0 Å². The third-order valence-electron chi connectivity index (χ3n) is 3.49. The molecule has 1 saturated carbocycles. The van der Waals surface area contributed by atoms with E-state index in [-0.39, 0.29) is 11.2 Å². The average Bonchev–Trinajstić information content (AvgIpc) is 2.33. The molecule has 0 saturated heterocycles. The Bertz CT molecular complexity index is 217. The molecule has 0 atom stereocenters. The highest BCUT2D eigenvalue weighted by atomic mass is 16.5. The van der Waals surface area contributed by atoms with Crippen LogP contribution in [0.25, 0.3) is 0 Å². The zero-order chi connectivity index (χ0) is 13.5. The van der Waals surface area contributed by atoms with E-state index in [9.17, 15) is 0 Å². The summed E-state index contributed by atoms with van der Waals surface area (Å²) in [7, 11) is 0. The molecule has 1 fully saturated rings. The molecule has 1 aliphatic rings. The summed E-state index contributed by atoms with van der Waals surface area (Å²) >= 11 is 0. The summed E-state index contributed by atoms with van der Waals surface area (Å²) in [6.07, 6.45) is 6.33. The first kappa shape index (κ1) is 15.9. The van der Waals surface area contributed by atoms with Gasteiger partial charge in [-0.15, -0.1) is 0 Å². The summed E-state index contributed by atoms with van der Waals surface area (Å²) in [5.41, 5.74) is 0.000259. The van der Waals surface area contributed by atoms with Crippen molar-refractivity contribution in [2.75, 3.05) is 26.3 Å². The molecule has 18 heavy (non-hydrogen) atoms. The van der Waals surface area contributed by atoms with Crippen molar-refractivity contribution < 1.29 is 9.47 Å². The summed E-state index contributed by atoms with van der Waals surface area (Å²) in [6.45, 7) is 11.8. The molecule has 0 bridgehead atoms. The topological polar surface area (TPSA) is 30.5 Å². The Labute approximate surface area is 113 Å². The molecule has 0 aromatic heterocycles. The van der Waals surface area contributed by atoms with Gasteiger partial charge in [0.05, 0.1) is 24.4 Å². The lowest BCUT2D eigenvalue weighted by atomic mass is 9.84. The smallest absolute Gasteiger partial charge is 0.0807 e. The highest BCUT2D eigenvalue weighted by molar-refractivity contribution is 4.86. The molecule has 0 heterocycles. The lowest BCUT2D eigenvalue weighted by molar-refractivity contribution is -0.105. The maximum atomic E-state index is 6.18. The number of hydrogen-bond donors (Lipinski definition) is 1. The van der Waals surface area contributed by atoms with Crippen molar-refractivity contribution in [3.05, 3.63) is 0 Å². The van der Waals surface area contributed by atoms with Gasteiger partial charge in [-0.2, -0.15) is 0 Å². The molecule has 0 spiro atoms. The van der Waals surface area contributed by atoms with Crippen molar-refractivity contribution >= 4 is 0 Å². The van der Waals surface area contributed by atoms with Crippen molar-refractivity contribution in [3.8, 4) is 0 Å². The van der Waals surface area contributed by atoms with Crippen LogP contribution < -0.4 is 5.32 Å². The Balaban J connectivity index is 2.32. The van der Waals surface area contributed by atoms with Crippen LogP contribution in [-0.2, 0) is 9.47 Å². The monoisotopic (exact) mass is 257 g/mol. The van der Waals surface area contributed by atoms with Crippen LogP contribution in [0.1, 0.15) is 59.8 Å². The first-order chi connectivity index (χ1) is 8.47. The van der Waals surface area contributed by atoms with E-state index >= 15 is 0 Å². The predicted molar refractivity (Wildman–Crippen MR) is 76.0 cm³/mol. The van der Waals surface area contributed by atoms with Gasteiger partial charge < -0.3 is 14.8 Å². The lowest BCUT2D eigenvalue weighted by Gasteiger charge is -2.37. The van der Waals surface area contributed by atoms with Crippen LogP contribution in [0.15, 0.2) is 0 Å². The van der Waals surface area contributed by atoms with Gasteiger partial charge in [0.1, 0.15) is 0 Å². The second kappa shape index (κ2) is 7.46. The lowest BCUT2D eigenvalue weighted by Crippen LogP contribution is -2.45. The maximum absolute atomic E-state index is 6.18. The van der Waals surface area contributed by atoms with Crippen molar-refractivity contribution in [2.45, 2.75) is 71.0 Å². The van der Waals surface area contributed by atoms with E-state index in [2.05, 4.69) is 33.0 Å². The predicted octanol–water partition coefficient (Wildman–Crippen LogP) is 3.13. The first-order valence-corrected chi connectivity index (χ1v) is 7.46. The second-order valence-electron chi connectivity index (χ2n) is 6.33. The molecule has 1 aliphatic carbocycles. The molecule has 1 rings (SSSR count). The van der Waals surface area contributed by atoms with Gasteiger partial charge in [-0.25, -0.2) is 0 Å². The van der Waals surface area contributed by atoms with Gasteiger partial charge in [-0.1, -0.05) is 26.2 Å². The van der Waals surface area contributed by atoms with Crippen molar-refractivity contribution in [1.29, 1.82) is 0 Å². The normalized spacial score (nSPS) is 20.0. The van der Waals surface area contributed by atoms with E-state index in [1.807, 2.05) is 0 Å². The Morgan fingerprint density at radius 3 is 2.28 bits per heavy atom. The molecular formula is C15H31NO2. The van der Waals surface area contributed by atoms with Crippen molar-refractivity contribution in [3.63, 3.8) is 0 Å². The van der Waals surface area contributed by atoms with Crippen LogP contribution in [0.2, 0.25) is 0 Å². The van der Waals surface area contributed by atoms with Gasteiger partial charge in [-0.05, 0) is 40.2 Å². The molecular weight excluding hydrogens is 226 g/mol. The minimum absolute atomic E-state index is 0.0647. The molecule has 3 heteroatoms. The fraction of sp³-hybridized carbons (Fsp3) is 1.00. The van der Waals surface area contributed by atoms with Gasteiger partial charge in [0.15, 0.2) is 0 Å². The summed E-state index contributed by atoms with van der Waals surface area (Å²) < 4.78 is 11.9. The molecule has 0 aromatic carbocycles. The second-order valence-corrected chi connectivity index (χ2v) is 6.33. The molecule has 108 valence electrons. The largest absolute Gasteiger partial charge is 0.373 e. The number of nitrogens with one attached hydrogen (secondary N) is 1. The third-order valence-corrected chi connectivity index (χ3v) is 3.49. The molecule has 0 unspecified atom stereocenters. The average molecular weight is 257 g/mol. The highest BCUT2D eigenvalue weighted by Gasteiger charge is 2.32. The zero-order valence-corrected chi connectivity index (χ0v) is 12.7. The van der Waals surface area contributed by atoms with Crippen LogP contribution in [-0.4, -0.2) is 37.5 Å². The Kier molecular flexibility index (Phi) is 6.61. The number of likely N-dealkylation sites (N-methyl/N-ethyl adjacent to an activating group) is 1. The van der Waals surface area contributed by atoms with Gasteiger partial charge >= 0.3 is 0 Å². The first-order valence-electron chi connectivity index (χ1n) is 7.46.